The maximum atomic E-state index is 8.50. The van der Waals surface area contributed by atoms with Crippen LogP contribution >= 0.6 is 11.6 Å². The van der Waals surface area contributed by atoms with Gasteiger partial charge in [0.25, 0.3) is 0 Å². The second kappa shape index (κ2) is 5.98. The van der Waals surface area contributed by atoms with Crippen molar-refractivity contribution >= 4 is 18.7 Å². The lowest BCUT2D eigenvalue weighted by Crippen LogP contribution is -2.26. The fourth-order valence-corrected chi connectivity index (χ4v) is 0.726. The zero-order valence-electron chi connectivity index (χ0n) is 5.96. The molecule has 10 heavy (non-hydrogen) atoms. The highest BCUT2D eigenvalue weighted by molar-refractivity contribution is 6.57. The van der Waals surface area contributed by atoms with Gasteiger partial charge in [0.2, 0.25) is 0 Å². The number of alkyl halides is 1. The molecule has 0 saturated heterocycles. The molecule has 60 valence electrons. The summed E-state index contributed by atoms with van der Waals surface area (Å²) < 4.78 is 4.75. The van der Waals surface area contributed by atoms with Crippen molar-refractivity contribution < 1.29 is 14.8 Å². The van der Waals surface area contributed by atoms with Crippen LogP contribution in [0.4, 0.5) is 0 Å². The molecule has 0 bridgehead atoms. The molecule has 0 radical (unpaired) electrons. The van der Waals surface area contributed by atoms with Crippen LogP contribution in [0.1, 0.15) is 12.8 Å². The summed E-state index contributed by atoms with van der Waals surface area (Å²) in [6.45, 7) is 0.607. The highest BCUT2D eigenvalue weighted by atomic mass is 35.5. The number of hydrogen-bond donors (Lipinski definition) is 2. The number of ether oxygens (including phenoxy) is 1. The van der Waals surface area contributed by atoms with Crippen molar-refractivity contribution in [2.24, 2.45) is 0 Å². The van der Waals surface area contributed by atoms with Crippen LogP contribution in [-0.4, -0.2) is 36.2 Å². The van der Waals surface area contributed by atoms with Crippen molar-refractivity contribution in [2.45, 2.75) is 18.1 Å². The highest BCUT2D eigenvalue weighted by Crippen LogP contribution is 2.05. The molecule has 0 aliphatic carbocycles. The topological polar surface area (TPSA) is 49.7 Å². The molecule has 0 aliphatic rings. The summed E-state index contributed by atoms with van der Waals surface area (Å²) in [5, 5.41) is 16.4. The van der Waals surface area contributed by atoms with Crippen molar-refractivity contribution in [3.05, 3.63) is 0 Å². The average molecular weight is 166 g/mol. The number of rotatable bonds is 5. The van der Waals surface area contributed by atoms with Gasteiger partial charge in [0.1, 0.15) is 0 Å². The monoisotopic (exact) mass is 166 g/mol. The molecule has 0 aromatic rings. The van der Waals surface area contributed by atoms with Crippen LogP contribution in [0.15, 0.2) is 0 Å². The molecule has 0 rings (SSSR count). The van der Waals surface area contributed by atoms with Gasteiger partial charge in [-0.15, -0.1) is 11.6 Å². The van der Waals surface area contributed by atoms with Gasteiger partial charge < -0.3 is 14.8 Å². The predicted octanol–water partition coefficient (Wildman–Crippen LogP) is 0.0324. The Morgan fingerprint density at radius 3 is 2.60 bits per heavy atom. The average Bonchev–Trinajstić information content (AvgIpc) is 1.88. The summed E-state index contributed by atoms with van der Waals surface area (Å²) in [6, 6.07) is 0. The third-order valence-electron chi connectivity index (χ3n) is 1.15. The van der Waals surface area contributed by atoms with Gasteiger partial charge in [0.15, 0.2) is 0 Å². The Morgan fingerprint density at radius 1 is 1.60 bits per heavy atom. The largest absolute Gasteiger partial charge is 0.470 e. The first kappa shape index (κ1) is 10.2. The molecule has 2 N–H and O–H groups in total. The van der Waals surface area contributed by atoms with E-state index in [9.17, 15) is 0 Å². The molecule has 3 nitrogen and oxygen atoms in total. The molecular weight excluding hydrogens is 154 g/mol. The summed E-state index contributed by atoms with van der Waals surface area (Å²) >= 11 is 5.50. The Labute approximate surface area is 66.1 Å². The molecule has 0 saturated carbocycles. The van der Waals surface area contributed by atoms with E-state index in [1.54, 1.807) is 7.11 Å². The smallest absolute Gasteiger partial charge is 0.426 e. The SMILES string of the molecule is COCCC[C@@H](Cl)B(O)O. The van der Waals surface area contributed by atoms with E-state index in [4.69, 9.17) is 26.4 Å². The summed E-state index contributed by atoms with van der Waals surface area (Å²) in [7, 11) is 0.178. The van der Waals surface area contributed by atoms with Gasteiger partial charge in [-0.2, -0.15) is 0 Å². The highest BCUT2D eigenvalue weighted by Gasteiger charge is 2.19. The van der Waals surface area contributed by atoms with Crippen molar-refractivity contribution in [1.82, 2.24) is 0 Å². The van der Waals surface area contributed by atoms with E-state index in [-0.39, 0.29) is 0 Å². The Kier molecular flexibility index (Phi) is 6.12. The van der Waals surface area contributed by atoms with Crippen molar-refractivity contribution in [1.29, 1.82) is 0 Å². The molecule has 0 aliphatic heterocycles. The van der Waals surface area contributed by atoms with Crippen LogP contribution in [0.25, 0.3) is 0 Å². The summed E-state index contributed by atoms with van der Waals surface area (Å²) in [5.74, 6) is 0. The molecule has 0 aromatic carbocycles. The lowest BCUT2D eigenvalue weighted by Gasteiger charge is -2.05. The first-order chi connectivity index (χ1) is 4.68. The van der Waals surface area contributed by atoms with Crippen LogP contribution in [0.5, 0.6) is 0 Å². The van der Waals surface area contributed by atoms with E-state index >= 15 is 0 Å². The maximum Gasteiger partial charge on any atom is 0.470 e. The van der Waals surface area contributed by atoms with Crippen molar-refractivity contribution in [3.8, 4) is 0 Å². The minimum absolute atomic E-state index is 0.563. The quantitative estimate of drug-likeness (QED) is 0.344. The number of methoxy groups -OCH3 is 1. The van der Waals surface area contributed by atoms with Crippen molar-refractivity contribution in [3.63, 3.8) is 0 Å². The Bertz CT molecular complexity index is 81.3. The minimum Gasteiger partial charge on any atom is -0.426 e. The summed E-state index contributed by atoms with van der Waals surface area (Å²) in [5.41, 5.74) is 0. The fourth-order valence-electron chi connectivity index (χ4n) is 0.572. The molecule has 5 heteroatoms. The van der Waals surface area contributed by atoms with Crippen LogP contribution in [0.3, 0.4) is 0 Å². The second-order valence-electron chi connectivity index (χ2n) is 2.06. The van der Waals surface area contributed by atoms with Gasteiger partial charge in [0, 0.05) is 13.7 Å². The van der Waals surface area contributed by atoms with E-state index in [1.165, 1.54) is 0 Å². The van der Waals surface area contributed by atoms with Crippen LogP contribution < -0.4 is 0 Å². The van der Waals surface area contributed by atoms with Crippen LogP contribution in [0.2, 0.25) is 0 Å². The van der Waals surface area contributed by atoms with Crippen LogP contribution in [0, 0.1) is 0 Å². The standard InChI is InChI=1S/C5H12BClO3/c1-10-4-2-3-5(7)6(8)9/h5,8-9H,2-4H2,1H3/t5-/m1/s1. The Hall–Kier alpha value is 0.235. The number of hydrogen-bond acceptors (Lipinski definition) is 3. The third kappa shape index (κ3) is 5.05. The second-order valence-corrected chi connectivity index (χ2v) is 2.63. The van der Waals surface area contributed by atoms with E-state index in [2.05, 4.69) is 0 Å². The Balaban J connectivity index is 3.13. The zero-order chi connectivity index (χ0) is 7.98. The minimum atomic E-state index is -1.42. The number of halogens is 1. The fraction of sp³-hybridized carbons (Fsp3) is 1.00. The maximum absolute atomic E-state index is 8.50. The van der Waals surface area contributed by atoms with E-state index < -0.39 is 12.4 Å². The van der Waals surface area contributed by atoms with Gasteiger partial charge in [-0.25, -0.2) is 0 Å². The molecule has 0 unspecified atom stereocenters. The summed E-state index contributed by atoms with van der Waals surface area (Å²) in [6.07, 6.45) is 1.31. The molecule has 0 amide bonds. The first-order valence-electron chi connectivity index (χ1n) is 3.17. The first-order valence-corrected chi connectivity index (χ1v) is 3.61. The molecule has 0 fully saturated rings. The van der Waals surface area contributed by atoms with E-state index in [0.29, 0.717) is 13.0 Å². The molecule has 0 heterocycles. The molecule has 1 atom stereocenters. The van der Waals surface area contributed by atoms with Gasteiger partial charge in [-0.3, -0.25) is 0 Å². The van der Waals surface area contributed by atoms with E-state index in [1.807, 2.05) is 0 Å². The lowest BCUT2D eigenvalue weighted by atomic mass is 9.83. The molecular formula is C5H12BClO3. The van der Waals surface area contributed by atoms with Crippen molar-refractivity contribution in [2.75, 3.05) is 13.7 Å². The lowest BCUT2D eigenvalue weighted by molar-refractivity contribution is 0.193. The summed E-state index contributed by atoms with van der Waals surface area (Å²) in [4.78, 5) is 0. The normalized spacial score (nSPS) is 13.2. The predicted molar refractivity (Wildman–Crippen MR) is 40.9 cm³/mol. The van der Waals surface area contributed by atoms with Crippen LogP contribution in [-0.2, 0) is 4.74 Å². The molecule has 0 spiro atoms. The van der Waals surface area contributed by atoms with E-state index in [0.717, 1.165) is 6.42 Å². The van der Waals surface area contributed by atoms with Gasteiger partial charge in [-0.1, -0.05) is 0 Å². The third-order valence-corrected chi connectivity index (χ3v) is 1.60. The van der Waals surface area contributed by atoms with Gasteiger partial charge >= 0.3 is 7.12 Å². The van der Waals surface area contributed by atoms with Gasteiger partial charge in [0.05, 0.1) is 5.28 Å². The molecule has 0 aromatic heterocycles. The van der Waals surface area contributed by atoms with Gasteiger partial charge in [-0.05, 0) is 12.8 Å². The Morgan fingerprint density at radius 2 is 2.20 bits per heavy atom. The zero-order valence-corrected chi connectivity index (χ0v) is 6.71.